The monoisotopic (exact) mass is 355 g/mol. The van der Waals surface area contributed by atoms with E-state index in [1.54, 1.807) is 12.1 Å². The fourth-order valence-electron chi connectivity index (χ4n) is 1.63. The zero-order chi connectivity index (χ0) is 13.2. The highest BCUT2D eigenvalue weighted by Crippen LogP contribution is 2.26. The van der Waals surface area contributed by atoms with E-state index in [0.717, 1.165) is 3.79 Å². The summed E-state index contributed by atoms with van der Waals surface area (Å²) >= 11 is 4.42. The fraction of sp³-hybridized carbons (Fsp3) is 0.600. The Morgan fingerprint density at radius 1 is 1.44 bits per heavy atom. The molecular formula is C10H14BrNO4S2. The average molecular weight is 356 g/mol. The first-order valence-corrected chi connectivity index (χ1v) is 8.53. The zero-order valence-electron chi connectivity index (χ0n) is 9.81. The number of halogens is 1. The van der Waals surface area contributed by atoms with Crippen LogP contribution in [0.15, 0.2) is 20.1 Å². The number of nitrogens with one attached hydrogen (secondary N) is 1. The molecular weight excluding hydrogens is 342 g/mol. The normalized spacial score (nSPS) is 19.2. The molecule has 1 aliphatic rings. The van der Waals surface area contributed by atoms with E-state index < -0.39 is 15.8 Å². The second-order valence-electron chi connectivity index (χ2n) is 4.04. The lowest BCUT2D eigenvalue weighted by Gasteiger charge is -2.21. The summed E-state index contributed by atoms with van der Waals surface area (Å²) in [6.45, 7) is 3.21. The van der Waals surface area contributed by atoms with Crippen molar-refractivity contribution in [1.82, 2.24) is 4.72 Å². The van der Waals surface area contributed by atoms with Gasteiger partial charge in [0.25, 0.3) is 0 Å². The number of hydrogen-bond donors (Lipinski definition) is 1. The SMILES string of the molecule is CC1(CCNS(=O)(=O)c2ccc(Br)s2)OCCO1. The number of sulfonamides is 1. The molecule has 0 aliphatic carbocycles. The average Bonchev–Trinajstić information content (AvgIpc) is 2.88. The Morgan fingerprint density at radius 2 is 2.11 bits per heavy atom. The van der Waals surface area contributed by atoms with E-state index in [-0.39, 0.29) is 6.54 Å². The molecule has 0 atom stereocenters. The van der Waals surface area contributed by atoms with Crippen molar-refractivity contribution in [2.24, 2.45) is 0 Å². The highest BCUT2D eigenvalue weighted by molar-refractivity contribution is 9.11. The van der Waals surface area contributed by atoms with Gasteiger partial charge in [0.15, 0.2) is 5.79 Å². The molecule has 0 bridgehead atoms. The van der Waals surface area contributed by atoms with Crippen molar-refractivity contribution < 1.29 is 17.9 Å². The molecule has 1 aliphatic heterocycles. The van der Waals surface area contributed by atoms with E-state index in [4.69, 9.17) is 9.47 Å². The maximum atomic E-state index is 11.9. The lowest BCUT2D eigenvalue weighted by molar-refractivity contribution is -0.145. The second-order valence-corrected chi connectivity index (χ2v) is 8.49. The third kappa shape index (κ3) is 3.52. The molecule has 18 heavy (non-hydrogen) atoms. The van der Waals surface area contributed by atoms with Gasteiger partial charge in [-0.15, -0.1) is 11.3 Å². The van der Waals surface area contributed by atoms with Gasteiger partial charge < -0.3 is 9.47 Å². The summed E-state index contributed by atoms with van der Waals surface area (Å²) in [4.78, 5) is 0. The lowest BCUT2D eigenvalue weighted by atomic mass is 10.2. The van der Waals surface area contributed by atoms with E-state index in [1.165, 1.54) is 11.3 Å². The minimum absolute atomic E-state index is 0.286. The number of ether oxygens (including phenoxy) is 2. The Bertz CT molecular complexity index is 508. The molecule has 2 rings (SSSR count). The van der Waals surface area contributed by atoms with Crippen molar-refractivity contribution in [3.8, 4) is 0 Å². The Hall–Kier alpha value is 0.01000. The van der Waals surface area contributed by atoms with E-state index in [9.17, 15) is 8.42 Å². The molecule has 2 heterocycles. The molecule has 1 aromatic heterocycles. The summed E-state index contributed by atoms with van der Waals surface area (Å²) in [6.07, 6.45) is 0.485. The minimum Gasteiger partial charge on any atom is -0.348 e. The third-order valence-corrected chi connectivity index (χ3v) is 6.16. The van der Waals surface area contributed by atoms with Gasteiger partial charge in [0.05, 0.1) is 17.0 Å². The smallest absolute Gasteiger partial charge is 0.250 e. The van der Waals surface area contributed by atoms with Crippen molar-refractivity contribution >= 4 is 37.3 Å². The Balaban J connectivity index is 1.90. The van der Waals surface area contributed by atoms with E-state index >= 15 is 0 Å². The van der Waals surface area contributed by atoms with Gasteiger partial charge in [0, 0.05) is 13.0 Å². The van der Waals surface area contributed by atoms with Gasteiger partial charge in [-0.3, -0.25) is 0 Å². The van der Waals surface area contributed by atoms with Crippen molar-refractivity contribution in [3.63, 3.8) is 0 Å². The molecule has 0 spiro atoms. The van der Waals surface area contributed by atoms with Crippen LogP contribution < -0.4 is 4.72 Å². The summed E-state index contributed by atoms with van der Waals surface area (Å²) in [7, 11) is -3.43. The molecule has 8 heteroatoms. The van der Waals surface area contributed by atoms with Gasteiger partial charge in [-0.05, 0) is 35.0 Å². The summed E-state index contributed by atoms with van der Waals surface area (Å²) in [5.74, 6) is -0.668. The number of hydrogen-bond acceptors (Lipinski definition) is 5. The van der Waals surface area contributed by atoms with Crippen molar-refractivity contribution in [2.45, 2.75) is 23.3 Å². The van der Waals surface area contributed by atoms with Gasteiger partial charge in [-0.25, -0.2) is 13.1 Å². The molecule has 102 valence electrons. The molecule has 1 saturated heterocycles. The summed E-state index contributed by atoms with van der Waals surface area (Å²) < 4.78 is 38.3. The van der Waals surface area contributed by atoms with Crippen molar-refractivity contribution in [2.75, 3.05) is 19.8 Å². The topological polar surface area (TPSA) is 64.6 Å². The summed E-state index contributed by atoms with van der Waals surface area (Å²) in [5.41, 5.74) is 0. The van der Waals surface area contributed by atoms with Crippen LogP contribution >= 0.6 is 27.3 Å². The molecule has 0 aromatic carbocycles. The standard InChI is InChI=1S/C10H14BrNO4S2/c1-10(15-6-7-16-10)4-5-12-18(13,14)9-3-2-8(11)17-9/h2-3,12H,4-7H2,1H3. The van der Waals surface area contributed by atoms with Crippen LogP contribution in [0.5, 0.6) is 0 Å². The molecule has 0 saturated carbocycles. The van der Waals surface area contributed by atoms with Crippen LogP contribution in [0.3, 0.4) is 0 Å². The minimum atomic E-state index is -3.43. The quantitative estimate of drug-likeness (QED) is 0.876. The van der Waals surface area contributed by atoms with Gasteiger partial charge in [-0.1, -0.05) is 0 Å². The summed E-state index contributed by atoms with van der Waals surface area (Å²) in [5, 5.41) is 0. The maximum Gasteiger partial charge on any atom is 0.250 e. The van der Waals surface area contributed by atoms with Crippen LogP contribution in [0.1, 0.15) is 13.3 Å². The Morgan fingerprint density at radius 3 is 2.67 bits per heavy atom. The first-order chi connectivity index (χ1) is 8.41. The molecule has 5 nitrogen and oxygen atoms in total. The Kier molecular flexibility index (Phi) is 4.45. The Labute approximate surface area is 119 Å². The van der Waals surface area contributed by atoms with E-state index in [1.807, 2.05) is 6.92 Å². The lowest BCUT2D eigenvalue weighted by Crippen LogP contribution is -2.33. The van der Waals surface area contributed by atoms with Crippen molar-refractivity contribution in [3.05, 3.63) is 15.9 Å². The van der Waals surface area contributed by atoms with Gasteiger partial charge in [0.2, 0.25) is 10.0 Å². The fourth-order valence-corrected chi connectivity index (χ4v) is 4.71. The predicted molar refractivity (Wildman–Crippen MR) is 72.1 cm³/mol. The van der Waals surface area contributed by atoms with Crippen LogP contribution in [-0.4, -0.2) is 34.0 Å². The highest BCUT2D eigenvalue weighted by atomic mass is 79.9. The van der Waals surface area contributed by atoms with Gasteiger partial charge >= 0.3 is 0 Å². The first kappa shape index (κ1) is 14.4. The third-order valence-electron chi connectivity index (χ3n) is 2.58. The van der Waals surface area contributed by atoms with Crippen LogP contribution in [0, 0.1) is 0 Å². The van der Waals surface area contributed by atoms with Crippen LogP contribution in [0.25, 0.3) is 0 Å². The molecule has 1 fully saturated rings. The van der Waals surface area contributed by atoms with Crippen molar-refractivity contribution in [1.29, 1.82) is 0 Å². The van der Waals surface area contributed by atoms with Gasteiger partial charge in [0.1, 0.15) is 4.21 Å². The number of rotatable bonds is 5. The van der Waals surface area contributed by atoms with Crippen LogP contribution in [0.4, 0.5) is 0 Å². The largest absolute Gasteiger partial charge is 0.348 e. The van der Waals surface area contributed by atoms with E-state index in [2.05, 4.69) is 20.7 Å². The van der Waals surface area contributed by atoms with Crippen LogP contribution in [-0.2, 0) is 19.5 Å². The highest BCUT2D eigenvalue weighted by Gasteiger charge is 2.31. The number of thiophene rings is 1. The first-order valence-electron chi connectivity index (χ1n) is 5.44. The summed E-state index contributed by atoms with van der Waals surface area (Å²) in [6, 6.07) is 3.28. The molecule has 0 radical (unpaired) electrons. The zero-order valence-corrected chi connectivity index (χ0v) is 13.0. The molecule has 1 aromatic rings. The molecule has 0 unspecified atom stereocenters. The van der Waals surface area contributed by atoms with Crippen LogP contribution in [0.2, 0.25) is 0 Å². The van der Waals surface area contributed by atoms with E-state index in [0.29, 0.717) is 23.8 Å². The second kappa shape index (κ2) is 5.56. The van der Waals surface area contributed by atoms with Gasteiger partial charge in [-0.2, -0.15) is 0 Å². The predicted octanol–water partition coefficient (Wildman–Crippen LogP) is 1.94. The molecule has 1 N–H and O–H groups in total. The molecule has 0 amide bonds. The maximum absolute atomic E-state index is 11.9.